The van der Waals surface area contributed by atoms with E-state index in [0.717, 1.165) is 47.8 Å². The highest BCUT2D eigenvalue weighted by Crippen LogP contribution is 2.45. The van der Waals surface area contributed by atoms with E-state index < -0.39 is 0 Å². The van der Waals surface area contributed by atoms with Gasteiger partial charge in [-0.25, -0.2) is 14.8 Å². The molecule has 5 rings (SSSR count). The number of rotatable bonds is 9. The lowest BCUT2D eigenvalue weighted by Gasteiger charge is -2.33. The maximum Gasteiger partial charge on any atom is 0.237 e. The van der Waals surface area contributed by atoms with Crippen molar-refractivity contribution in [2.24, 2.45) is 5.92 Å². The van der Waals surface area contributed by atoms with E-state index in [-0.39, 0.29) is 13.2 Å². The lowest BCUT2D eigenvalue weighted by Crippen LogP contribution is -2.33. The van der Waals surface area contributed by atoms with Crippen LogP contribution in [0.25, 0.3) is 26.5 Å². The van der Waals surface area contributed by atoms with Crippen molar-refractivity contribution in [1.29, 1.82) is 5.26 Å². The van der Waals surface area contributed by atoms with Crippen LogP contribution in [0.4, 0.5) is 11.5 Å². The number of aromatic nitrogens is 2. The Morgan fingerprint density at radius 3 is 2.51 bits per heavy atom. The number of aliphatic hydroxyl groups excluding tert-OH is 1. The molecule has 0 spiro atoms. The predicted octanol–water partition coefficient (Wildman–Crippen LogP) is 7.85. The van der Waals surface area contributed by atoms with Crippen LogP contribution in [0.1, 0.15) is 31.0 Å². The molecular formula is C31H28ClN5O2S2. The molecule has 7 nitrogen and oxygen atoms in total. The van der Waals surface area contributed by atoms with Gasteiger partial charge in [-0.1, -0.05) is 54.6 Å². The van der Waals surface area contributed by atoms with Crippen molar-refractivity contribution in [3.05, 3.63) is 81.6 Å². The van der Waals surface area contributed by atoms with Crippen LogP contribution in [0.5, 0.6) is 5.75 Å². The summed E-state index contributed by atoms with van der Waals surface area (Å²) in [5.74, 6) is 2.40. The number of hydrogen-bond donors (Lipinski definition) is 1. The Kier molecular flexibility index (Phi) is 9.43. The highest BCUT2D eigenvalue weighted by molar-refractivity contribution is 7.98. The minimum absolute atomic E-state index is 0.0782. The summed E-state index contributed by atoms with van der Waals surface area (Å²) in [6, 6.07) is 17.3. The third-order valence-corrected chi connectivity index (χ3v) is 9.13. The Bertz CT molecular complexity index is 1590. The van der Waals surface area contributed by atoms with Crippen LogP contribution in [0.2, 0.25) is 5.02 Å². The first-order valence-corrected chi connectivity index (χ1v) is 15.5. The molecule has 1 aliphatic heterocycles. The molecule has 10 heteroatoms. The number of nitriles is 1. The smallest absolute Gasteiger partial charge is 0.237 e. The van der Waals surface area contributed by atoms with Crippen molar-refractivity contribution in [3.63, 3.8) is 0 Å². The molecule has 0 saturated carbocycles. The van der Waals surface area contributed by atoms with Crippen molar-refractivity contribution in [1.82, 2.24) is 9.97 Å². The van der Waals surface area contributed by atoms with Gasteiger partial charge in [0.25, 0.3) is 0 Å². The first kappa shape index (κ1) is 28.9. The number of halogens is 1. The highest BCUT2D eigenvalue weighted by atomic mass is 35.5. The van der Waals surface area contributed by atoms with E-state index in [1.54, 1.807) is 23.5 Å². The average Bonchev–Trinajstić information content (AvgIpc) is 3.48. The fourth-order valence-electron chi connectivity index (χ4n) is 4.70. The Morgan fingerprint density at radius 1 is 1.15 bits per heavy atom. The van der Waals surface area contributed by atoms with Gasteiger partial charge < -0.3 is 14.7 Å². The molecule has 2 aromatic carbocycles. The fourth-order valence-corrected chi connectivity index (χ4v) is 6.63. The van der Waals surface area contributed by atoms with Crippen LogP contribution in [0.15, 0.2) is 58.9 Å². The summed E-state index contributed by atoms with van der Waals surface area (Å²) >= 11 is 9.07. The van der Waals surface area contributed by atoms with E-state index in [1.165, 1.54) is 11.8 Å². The molecule has 0 amide bonds. The molecule has 0 atom stereocenters. The van der Waals surface area contributed by atoms with Crippen molar-refractivity contribution in [2.75, 3.05) is 31.2 Å². The number of hydrogen-bond acceptors (Lipinski definition) is 8. The topological polar surface area (TPSA) is 86.6 Å². The second-order valence-corrected chi connectivity index (χ2v) is 12.0. The molecular weight excluding hydrogens is 574 g/mol. The van der Waals surface area contributed by atoms with E-state index in [0.29, 0.717) is 50.1 Å². The van der Waals surface area contributed by atoms with Gasteiger partial charge in [0.2, 0.25) is 5.69 Å². The van der Waals surface area contributed by atoms with Crippen LogP contribution in [-0.2, 0) is 5.75 Å². The third kappa shape index (κ3) is 6.66. The molecule has 1 N–H and O–H groups in total. The van der Waals surface area contributed by atoms with Crippen LogP contribution in [-0.4, -0.2) is 41.4 Å². The maximum atomic E-state index is 10.4. The number of piperidine rings is 1. The first-order valence-electron chi connectivity index (χ1n) is 13.3. The Hall–Kier alpha value is -3.60. The van der Waals surface area contributed by atoms with Crippen molar-refractivity contribution < 1.29 is 9.84 Å². The molecule has 3 heterocycles. The van der Waals surface area contributed by atoms with Gasteiger partial charge in [-0.15, -0.1) is 11.3 Å². The number of anilines is 1. The van der Waals surface area contributed by atoms with E-state index in [2.05, 4.69) is 22.7 Å². The van der Waals surface area contributed by atoms with Crippen LogP contribution >= 0.6 is 34.7 Å². The number of thioether (sulfide) groups is 1. The van der Waals surface area contributed by atoms with E-state index in [4.69, 9.17) is 38.0 Å². The molecule has 2 aromatic heterocycles. The predicted molar refractivity (Wildman–Crippen MR) is 166 cm³/mol. The summed E-state index contributed by atoms with van der Waals surface area (Å²) in [6.07, 6.45) is 2.06. The Morgan fingerprint density at radius 2 is 1.85 bits per heavy atom. The van der Waals surface area contributed by atoms with Crippen molar-refractivity contribution in [2.45, 2.75) is 30.5 Å². The summed E-state index contributed by atoms with van der Waals surface area (Å²) in [5.41, 5.74) is 4.00. The van der Waals surface area contributed by atoms with Gasteiger partial charge in [-0.05, 0) is 48.6 Å². The fraction of sp³-hybridized carbons (Fsp3) is 0.290. The first-order chi connectivity index (χ1) is 20.0. The van der Waals surface area contributed by atoms with Crippen LogP contribution < -0.4 is 9.64 Å². The quantitative estimate of drug-likeness (QED) is 0.154. The number of thiazole rings is 1. The number of ether oxygens (including phenoxy) is 1. The second kappa shape index (κ2) is 13.4. The monoisotopic (exact) mass is 601 g/mol. The number of nitrogens with zero attached hydrogens (tertiary/aromatic N) is 5. The molecule has 208 valence electrons. The van der Waals surface area contributed by atoms with Gasteiger partial charge in [0.05, 0.1) is 24.4 Å². The molecule has 0 aliphatic carbocycles. The SMILES string of the molecule is [C-]#[N+]c1c(N2CCC(C)CC2)nc(SCc2csc(-c3ccc(Cl)cc3)n2)c(C#N)c1-c1ccc(OCCO)cc1. The minimum atomic E-state index is -0.0782. The van der Waals surface area contributed by atoms with Crippen molar-refractivity contribution >= 4 is 46.2 Å². The standard InChI is InChI=1S/C31H28ClN5O2S2/c1-20-11-13-37(14-12-20)29-28(34-2)27(21-5-9-25(10-6-21)39-16-15-38)26(17-33)31(36-29)41-19-24-18-40-30(35-24)22-3-7-23(32)8-4-22/h3-10,18,20,38H,11-16,19H2,1H3. The molecule has 0 radical (unpaired) electrons. The zero-order valence-corrected chi connectivity index (χ0v) is 24.9. The molecule has 4 aromatic rings. The molecule has 0 unspecified atom stereocenters. The van der Waals surface area contributed by atoms with E-state index >= 15 is 0 Å². The molecule has 0 bridgehead atoms. The zero-order chi connectivity index (χ0) is 28.8. The molecule has 1 fully saturated rings. The summed E-state index contributed by atoms with van der Waals surface area (Å²) in [4.78, 5) is 15.9. The van der Waals surface area contributed by atoms with Gasteiger partial charge in [-0.3, -0.25) is 0 Å². The summed E-state index contributed by atoms with van der Waals surface area (Å²) in [6.45, 7) is 12.1. The Balaban J connectivity index is 1.52. The molecule has 1 aliphatic rings. The minimum Gasteiger partial charge on any atom is -0.491 e. The molecule has 41 heavy (non-hydrogen) atoms. The van der Waals surface area contributed by atoms with Crippen LogP contribution in [0, 0.1) is 23.8 Å². The number of aliphatic hydroxyl groups is 1. The van der Waals surface area contributed by atoms with E-state index in [9.17, 15) is 5.26 Å². The van der Waals surface area contributed by atoms with Crippen molar-refractivity contribution in [3.8, 4) is 33.5 Å². The maximum absolute atomic E-state index is 10.4. The Labute approximate surface area is 253 Å². The number of pyridine rings is 1. The zero-order valence-electron chi connectivity index (χ0n) is 22.5. The van der Waals surface area contributed by atoms with E-state index in [1.807, 2.05) is 41.8 Å². The van der Waals surface area contributed by atoms with Gasteiger partial charge in [0.1, 0.15) is 34.3 Å². The molecule has 1 saturated heterocycles. The third-order valence-electron chi connectivity index (χ3n) is 6.93. The van der Waals surface area contributed by atoms with Crippen LogP contribution in [0.3, 0.4) is 0 Å². The number of benzene rings is 2. The second-order valence-electron chi connectivity index (χ2n) is 9.77. The van der Waals surface area contributed by atoms with Gasteiger partial charge >= 0.3 is 0 Å². The largest absolute Gasteiger partial charge is 0.491 e. The van der Waals surface area contributed by atoms with Gasteiger partial charge in [-0.2, -0.15) is 5.26 Å². The summed E-state index contributed by atoms with van der Waals surface area (Å²) < 4.78 is 5.53. The average molecular weight is 602 g/mol. The lowest BCUT2D eigenvalue weighted by molar-refractivity contribution is 0.201. The normalized spacial score (nSPS) is 13.5. The summed E-state index contributed by atoms with van der Waals surface area (Å²) in [7, 11) is 0. The highest BCUT2D eigenvalue weighted by Gasteiger charge is 2.27. The van der Waals surface area contributed by atoms with Gasteiger partial charge in [0, 0.05) is 40.4 Å². The lowest BCUT2D eigenvalue weighted by atomic mass is 9.97. The van der Waals surface area contributed by atoms with Gasteiger partial charge in [0.15, 0.2) is 0 Å². The summed E-state index contributed by atoms with van der Waals surface area (Å²) in [5, 5.41) is 23.6.